The molecule has 0 aromatic carbocycles. The van der Waals surface area contributed by atoms with E-state index < -0.39 is 5.91 Å². The topological polar surface area (TPSA) is 62.6 Å². The van der Waals surface area contributed by atoms with Crippen molar-refractivity contribution in [2.75, 3.05) is 13.1 Å². The van der Waals surface area contributed by atoms with E-state index in [0.29, 0.717) is 17.8 Å². The van der Waals surface area contributed by atoms with Gasteiger partial charge in [0.05, 0.1) is 0 Å². The zero-order valence-electron chi connectivity index (χ0n) is 7.12. The van der Waals surface area contributed by atoms with Gasteiger partial charge in [-0.3, -0.25) is 9.69 Å². The van der Waals surface area contributed by atoms with Gasteiger partial charge in [0.2, 0.25) is 0 Å². The van der Waals surface area contributed by atoms with Crippen LogP contribution in [0.2, 0.25) is 0 Å². The third-order valence-corrected chi connectivity index (χ3v) is 2.31. The van der Waals surface area contributed by atoms with E-state index in [-0.39, 0.29) is 11.8 Å². The van der Waals surface area contributed by atoms with Crippen LogP contribution in [0.25, 0.3) is 0 Å². The maximum absolute atomic E-state index is 11.6. The number of rotatable bonds is 1. The minimum Gasteiger partial charge on any atom is -0.444 e. The van der Waals surface area contributed by atoms with Gasteiger partial charge in [-0.25, -0.2) is 4.79 Å². The first-order valence-electron chi connectivity index (χ1n) is 4.03. The summed E-state index contributed by atoms with van der Waals surface area (Å²) in [6.07, 6.45) is 0. The average molecular weight is 259 g/mol. The first-order chi connectivity index (χ1) is 6.68. The van der Waals surface area contributed by atoms with Crippen molar-refractivity contribution in [3.63, 3.8) is 0 Å². The number of carbonyl (C=O) groups is 2. The number of halogens is 1. The van der Waals surface area contributed by atoms with Crippen LogP contribution in [0.15, 0.2) is 21.2 Å². The maximum Gasteiger partial charge on any atom is 0.324 e. The predicted octanol–water partition coefficient (Wildman–Crippen LogP) is 1.21. The Morgan fingerprint density at radius 2 is 2.36 bits per heavy atom. The van der Waals surface area contributed by atoms with Crippen molar-refractivity contribution in [1.29, 1.82) is 0 Å². The summed E-state index contributed by atoms with van der Waals surface area (Å²) in [6, 6.07) is 2.77. The molecule has 1 saturated heterocycles. The van der Waals surface area contributed by atoms with Gasteiger partial charge in [-0.05, 0) is 28.1 Å². The Balaban J connectivity index is 2.19. The molecule has 74 valence electrons. The molecular weight excluding hydrogens is 252 g/mol. The van der Waals surface area contributed by atoms with Crippen LogP contribution in [0, 0.1) is 0 Å². The van der Waals surface area contributed by atoms with Gasteiger partial charge in [-0.15, -0.1) is 0 Å². The number of imide groups is 1. The second-order valence-corrected chi connectivity index (χ2v) is 3.57. The summed E-state index contributed by atoms with van der Waals surface area (Å²) in [5.41, 5.74) is 0. The molecule has 0 radical (unpaired) electrons. The monoisotopic (exact) mass is 258 g/mol. The normalized spacial score (nSPS) is 15.8. The van der Waals surface area contributed by atoms with Crippen molar-refractivity contribution in [3.05, 3.63) is 22.6 Å². The molecule has 0 spiro atoms. The summed E-state index contributed by atoms with van der Waals surface area (Å²) in [5, 5.41) is 2.54. The fraction of sp³-hybridized carbons (Fsp3) is 0.250. The molecule has 6 heteroatoms. The van der Waals surface area contributed by atoms with E-state index >= 15 is 0 Å². The van der Waals surface area contributed by atoms with Crippen LogP contribution in [0.3, 0.4) is 0 Å². The van der Waals surface area contributed by atoms with Crippen LogP contribution in [0.1, 0.15) is 10.6 Å². The van der Waals surface area contributed by atoms with Crippen LogP contribution in [-0.4, -0.2) is 29.9 Å². The highest BCUT2D eigenvalue weighted by atomic mass is 79.9. The molecule has 5 nitrogen and oxygen atoms in total. The fourth-order valence-electron chi connectivity index (χ4n) is 1.23. The molecular formula is C8H7BrN2O3. The average Bonchev–Trinajstić information content (AvgIpc) is 2.73. The molecule has 2 rings (SSSR count). The molecule has 2 heterocycles. The minimum absolute atomic E-state index is 0.161. The van der Waals surface area contributed by atoms with Crippen LogP contribution < -0.4 is 5.32 Å². The molecule has 0 atom stereocenters. The molecule has 1 aromatic rings. The summed E-state index contributed by atoms with van der Waals surface area (Å²) in [5.74, 6) is -0.250. The lowest BCUT2D eigenvalue weighted by atomic mass is 10.4. The lowest BCUT2D eigenvalue weighted by molar-refractivity contribution is 0.0797. The van der Waals surface area contributed by atoms with Crippen LogP contribution in [-0.2, 0) is 0 Å². The van der Waals surface area contributed by atoms with Gasteiger partial charge in [-0.2, -0.15) is 0 Å². The van der Waals surface area contributed by atoms with Gasteiger partial charge in [0.15, 0.2) is 10.4 Å². The van der Waals surface area contributed by atoms with Crippen molar-refractivity contribution < 1.29 is 14.0 Å². The Hall–Kier alpha value is -1.30. The van der Waals surface area contributed by atoms with E-state index in [2.05, 4.69) is 21.2 Å². The zero-order chi connectivity index (χ0) is 10.1. The highest BCUT2D eigenvalue weighted by Crippen LogP contribution is 2.16. The molecule has 1 aliphatic rings. The smallest absolute Gasteiger partial charge is 0.324 e. The first-order valence-corrected chi connectivity index (χ1v) is 4.83. The van der Waals surface area contributed by atoms with Crippen LogP contribution >= 0.6 is 15.9 Å². The number of urea groups is 1. The Labute approximate surface area is 88.2 Å². The summed E-state index contributed by atoms with van der Waals surface area (Å²) in [7, 11) is 0. The number of carbonyl (C=O) groups excluding carboxylic acids is 2. The molecule has 1 aromatic heterocycles. The number of hydrogen-bond acceptors (Lipinski definition) is 3. The third kappa shape index (κ3) is 1.52. The summed E-state index contributed by atoms with van der Waals surface area (Å²) < 4.78 is 5.52. The molecule has 1 fully saturated rings. The van der Waals surface area contributed by atoms with Crippen molar-refractivity contribution in [2.24, 2.45) is 0 Å². The lowest BCUT2D eigenvalue weighted by Gasteiger charge is -2.08. The van der Waals surface area contributed by atoms with E-state index in [0.717, 1.165) is 4.90 Å². The van der Waals surface area contributed by atoms with Gasteiger partial charge in [0.1, 0.15) is 0 Å². The summed E-state index contributed by atoms with van der Waals surface area (Å²) >= 11 is 3.09. The zero-order valence-corrected chi connectivity index (χ0v) is 8.70. The van der Waals surface area contributed by atoms with E-state index in [9.17, 15) is 9.59 Å². The van der Waals surface area contributed by atoms with Gasteiger partial charge >= 0.3 is 6.03 Å². The second-order valence-electron chi connectivity index (χ2n) is 2.79. The van der Waals surface area contributed by atoms with E-state index in [1.165, 1.54) is 6.07 Å². The second kappa shape index (κ2) is 3.45. The largest absolute Gasteiger partial charge is 0.444 e. The van der Waals surface area contributed by atoms with Crippen LogP contribution in [0.4, 0.5) is 4.79 Å². The molecule has 1 N–H and O–H groups in total. The van der Waals surface area contributed by atoms with E-state index in [1.54, 1.807) is 6.07 Å². The Kier molecular flexibility index (Phi) is 2.28. The van der Waals surface area contributed by atoms with E-state index in [4.69, 9.17) is 4.42 Å². The lowest BCUT2D eigenvalue weighted by Crippen LogP contribution is -2.33. The molecule has 0 aliphatic carbocycles. The Bertz CT molecular complexity index is 388. The number of nitrogens with zero attached hydrogens (tertiary/aromatic N) is 1. The van der Waals surface area contributed by atoms with E-state index in [1.807, 2.05) is 0 Å². The molecule has 1 aliphatic heterocycles. The predicted molar refractivity (Wildman–Crippen MR) is 50.8 cm³/mol. The standard InChI is InChI=1S/C8H7BrN2O3/c9-6-2-1-5(14-6)7(12)11-4-3-10-8(11)13/h1-2H,3-4H2,(H,10,13). The molecule has 14 heavy (non-hydrogen) atoms. The third-order valence-electron chi connectivity index (χ3n) is 1.89. The highest BCUT2D eigenvalue weighted by Gasteiger charge is 2.28. The van der Waals surface area contributed by atoms with Crippen molar-refractivity contribution in [2.45, 2.75) is 0 Å². The van der Waals surface area contributed by atoms with Gasteiger partial charge in [0.25, 0.3) is 5.91 Å². The van der Waals surface area contributed by atoms with Gasteiger partial charge in [-0.1, -0.05) is 0 Å². The number of nitrogens with one attached hydrogen (secondary N) is 1. The summed E-state index contributed by atoms with van der Waals surface area (Å²) in [4.78, 5) is 23.9. The van der Waals surface area contributed by atoms with Gasteiger partial charge < -0.3 is 9.73 Å². The van der Waals surface area contributed by atoms with Crippen molar-refractivity contribution in [1.82, 2.24) is 10.2 Å². The fourth-order valence-corrected chi connectivity index (χ4v) is 1.53. The SMILES string of the molecule is O=C1NCCN1C(=O)c1ccc(Br)o1. The Morgan fingerprint density at radius 1 is 1.57 bits per heavy atom. The molecule has 3 amide bonds. The number of amides is 3. The first kappa shape index (κ1) is 9.26. The van der Waals surface area contributed by atoms with Gasteiger partial charge in [0, 0.05) is 13.1 Å². The number of furan rings is 1. The Morgan fingerprint density at radius 3 is 2.86 bits per heavy atom. The quantitative estimate of drug-likeness (QED) is 0.824. The maximum atomic E-state index is 11.6. The minimum atomic E-state index is -0.411. The number of hydrogen-bond donors (Lipinski definition) is 1. The molecule has 0 unspecified atom stereocenters. The molecule has 0 bridgehead atoms. The molecule has 0 saturated carbocycles. The van der Waals surface area contributed by atoms with Crippen molar-refractivity contribution in [3.8, 4) is 0 Å². The van der Waals surface area contributed by atoms with Crippen LogP contribution in [0.5, 0.6) is 0 Å². The summed E-state index contributed by atoms with van der Waals surface area (Å²) in [6.45, 7) is 0.877. The highest BCUT2D eigenvalue weighted by molar-refractivity contribution is 9.10. The van der Waals surface area contributed by atoms with Crippen molar-refractivity contribution >= 4 is 27.9 Å².